The Morgan fingerprint density at radius 1 is 1.38 bits per heavy atom. The van der Waals surface area contributed by atoms with Crippen LogP contribution in [0.1, 0.15) is 29.5 Å². The van der Waals surface area contributed by atoms with Gasteiger partial charge in [-0.25, -0.2) is 0 Å². The predicted octanol–water partition coefficient (Wildman–Crippen LogP) is 3.77. The molecule has 16 heavy (non-hydrogen) atoms. The summed E-state index contributed by atoms with van der Waals surface area (Å²) < 4.78 is 0. The van der Waals surface area contributed by atoms with E-state index in [1.807, 2.05) is 18.4 Å². The summed E-state index contributed by atoms with van der Waals surface area (Å²) >= 11 is 1.72. The molecule has 0 saturated carbocycles. The van der Waals surface area contributed by atoms with Crippen LogP contribution in [0.3, 0.4) is 0 Å². The van der Waals surface area contributed by atoms with Gasteiger partial charge in [-0.05, 0) is 18.2 Å². The van der Waals surface area contributed by atoms with Crippen LogP contribution in [0, 0.1) is 11.8 Å². The quantitative estimate of drug-likeness (QED) is 0.648. The van der Waals surface area contributed by atoms with Crippen molar-refractivity contribution in [1.82, 2.24) is 0 Å². The molecule has 0 fully saturated rings. The number of allylic oxidation sites excluding steroid dienone is 3. The second-order valence-corrected chi connectivity index (χ2v) is 4.45. The minimum absolute atomic E-state index is 0.897. The van der Waals surface area contributed by atoms with Crippen molar-refractivity contribution >= 4 is 17.0 Å². The average molecular weight is 227 g/mol. The van der Waals surface area contributed by atoms with Crippen LogP contribution in [-0.2, 0) is 0 Å². The third-order valence-electron chi connectivity index (χ3n) is 2.15. The maximum absolute atomic E-state index is 4.42. The number of hydrogen-bond donors (Lipinski definition) is 0. The lowest BCUT2D eigenvalue weighted by molar-refractivity contribution is 1.28. The first kappa shape index (κ1) is 10.9. The fraction of sp³-hybridized carbons (Fsp3) is 0.214. The van der Waals surface area contributed by atoms with Crippen LogP contribution in [0.15, 0.2) is 41.6 Å². The third kappa shape index (κ3) is 2.71. The molecule has 0 saturated heterocycles. The number of nitrogens with zero attached hydrogens (tertiary/aromatic N) is 1. The minimum atomic E-state index is 0.897. The summed E-state index contributed by atoms with van der Waals surface area (Å²) in [6, 6.07) is 4.18. The molecule has 2 heteroatoms. The van der Waals surface area contributed by atoms with Gasteiger partial charge in [-0.1, -0.05) is 30.9 Å². The van der Waals surface area contributed by atoms with E-state index < -0.39 is 0 Å². The topological polar surface area (TPSA) is 12.4 Å². The van der Waals surface area contributed by atoms with Crippen LogP contribution >= 0.6 is 11.3 Å². The van der Waals surface area contributed by atoms with E-state index in [1.54, 1.807) is 11.3 Å². The molecule has 1 aliphatic rings. The van der Waals surface area contributed by atoms with Gasteiger partial charge in [0.15, 0.2) is 0 Å². The maximum Gasteiger partial charge on any atom is 0.0775 e. The molecule has 0 amide bonds. The van der Waals surface area contributed by atoms with Gasteiger partial charge < -0.3 is 0 Å². The number of rotatable bonds is 1. The highest BCUT2D eigenvalue weighted by molar-refractivity contribution is 7.14. The zero-order valence-electron chi connectivity index (χ0n) is 9.23. The maximum atomic E-state index is 4.42. The van der Waals surface area contributed by atoms with Crippen molar-refractivity contribution in [2.45, 2.75) is 19.8 Å². The first-order chi connectivity index (χ1) is 7.90. The monoisotopic (exact) mass is 227 g/mol. The second kappa shape index (κ2) is 5.48. The van der Waals surface area contributed by atoms with E-state index in [4.69, 9.17) is 0 Å². The number of aliphatic imine (C=N–C) groups is 1. The summed E-state index contributed by atoms with van der Waals surface area (Å²) in [6.07, 6.45) is 9.75. The molecule has 2 rings (SSSR count). The van der Waals surface area contributed by atoms with Crippen LogP contribution in [-0.4, -0.2) is 5.71 Å². The summed E-state index contributed by atoms with van der Waals surface area (Å²) in [4.78, 5) is 6.76. The molecule has 1 nitrogen and oxygen atoms in total. The Bertz CT molecular complexity index is 506. The van der Waals surface area contributed by atoms with Gasteiger partial charge in [-0.2, -0.15) is 0 Å². The summed E-state index contributed by atoms with van der Waals surface area (Å²) in [5.41, 5.74) is 1.12. The van der Waals surface area contributed by atoms with Gasteiger partial charge in [-0.3, -0.25) is 4.99 Å². The van der Waals surface area contributed by atoms with Crippen molar-refractivity contribution < 1.29 is 0 Å². The van der Waals surface area contributed by atoms with Crippen molar-refractivity contribution in [2.75, 3.05) is 0 Å². The summed E-state index contributed by atoms with van der Waals surface area (Å²) in [7, 11) is 0. The lowest BCUT2D eigenvalue weighted by atomic mass is 10.2. The second-order valence-electron chi connectivity index (χ2n) is 3.37. The third-order valence-corrected chi connectivity index (χ3v) is 3.20. The highest BCUT2D eigenvalue weighted by Crippen LogP contribution is 2.19. The van der Waals surface area contributed by atoms with E-state index >= 15 is 0 Å². The van der Waals surface area contributed by atoms with Gasteiger partial charge in [0.1, 0.15) is 0 Å². The van der Waals surface area contributed by atoms with Crippen molar-refractivity contribution in [3.05, 3.63) is 46.3 Å². The molecular formula is C14H13NS. The largest absolute Gasteiger partial charge is 0.260 e. The summed E-state index contributed by atoms with van der Waals surface area (Å²) in [6.45, 7) is 2.06. The van der Waals surface area contributed by atoms with Gasteiger partial charge in [0.25, 0.3) is 0 Å². The van der Waals surface area contributed by atoms with E-state index in [0.29, 0.717) is 0 Å². The fourth-order valence-electron chi connectivity index (χ4n) is 1.39. The van der Waals surface area contributed by atoms with Crippen LogP contribution in [0.25, 0.3) is 0 Å². The molecular weight excluding hydrogens is 214 g/mol. The molecule has 0 N–H and O–H groups in total. The number of thiophene rings is 1. The Morgan fingerprint density at radius 3 is 3.19 bits per heavy atom. The normalized spacial score (nSPS) is 13.9. The van der Waals surface area contributed by atoms with E-state index in [1.165, 1.54) is 4.88 Å². The van der Waals surface area contributed by atoms with Gasteiger partial charge in [0.2, 0.25) is 0 Å². The van der Waals surface area contributed by atoms with E-state index in [-0.39, 0.29) is 0 Å². The standard InChI is InChI=1S/C14H13NS/c1-2-3-7-12-9-10-14(16-12)13-8-5-4-6-11-15-13/h4-6,9-11H,2,8H2,1H3. The Kier molecular flexibility index (Phi) is 3.74. The molecule has 0 aliphatic carbocycles. The smallest absolute Gasteiger partial charge is 0.0775 e. The van der Waals surface area contributed by atoms with Crippen molar-refractivity contribution in [3.63, 3.8) is 0 Å². The molecule has 1 aromatic heterocycles. The Hall–Kier alpha value is -1.59. The summed E-state index contributed by atoms with van der Waals surface area (Å²) in [5, 5.41) is 0. The molecule has 0 unspecified atom stereocenters. The van der Waals surface area contributed by atoms with Crippen LogP contribution in [0.2, 0.25) is 0 Å². The van der Waals surface area contributed by atoms with Crippen LogP contribution in [0.5, 0.6) is 0 Å². The molecule has 0 atom stereocenters. The van der Waals surface area contributed by atoms with Gasteiger partial charge in [0.05, 0.1) is 15.5 Å². The Balaban J connectivity index is 2.21. The van der Waals surface area contributed by atoms with Crippen LogP contribution < -0.4 is 0 Å². The minimum Gasteiger partial charge on any atom is -0.260 e. The zero-order chi connectivity index (χ0) is 11.2. The van der Waals surface area contributed by atoms with Crippen LogP contribution in [0.4, 0.5) is 0 Å². The predicted molar refractivity (Wildman–Crippen MR) is 70.9 cm³/mol. The molecule has 0 aromatic carbocycles. The SMILES string of the molecule is CCC#Cc1ccc(C2=NC=CC=CC2)s1. The molecule has 80 valence electrons. The van der Waals surface area contributed by atoms with E-state index in [0.717, 1.165) is 23.4 Å². The Labute approximate surface area is 100 Å². The highest BCUT2D eigenvalue weighted by Gasteiger charge is 2.05. The lowest BCUT2D eigenvalue weighted by Crippen LogP contribution is -1.94. The average Bonchev–Trinajstić information content (AvgIpc) is 2.60. The molecule has 2 heterocycles. The molecule has 0 bridgehead atoms. The van der Waals surface area contributed by atoms with Gasteiger partial charge in [0, 0.05) is 19.0 Å². The first-order valence-electron chi connectivity index (χ1n) is 5.37. The first-order valence-corrected chi connectivity index (χ1v) is 6.19. The van der Waals surface area contributed by atoms with Crippen molar-refractivity contribution in [1.29, 1.82) is 0 Å². The van der Waals surface area contributed by atoms with E-state index in [9.17, 15) is 0 Å². The Morgan fingerprint density at radius 2 is 2.31 bits per heavy atom. The molecule has 1 aromatic rings. The molecule has 0 radical (unpaired) electrons. The number of hydrogen-bond acceptors (Lipinski definition) is 2. The van der Waals surface area contributed by atoms with Crippen molar-refractivity contribution in [2.24, 2.45) is 4.99 Å². The summed E-state index contributed by atoms with van der Waals surface area (Å²) in [5.74, 6) is 6.23. The van der Waals surface area contributed by atoms with Crippen molar-refractivity contribution in [3.8, 4) is 11.8 Å². The van der Waals surface area contributed by atoms with Gasteiger partial charge in [-0.15, -0.1) is 11.3 Å². The lowest BCUT2D eigenvalue weighted by Gasteiger charge is -1.96. The zero-order valence-corrected chi connectivity index (χ0v) is 10.1. The molecule has 0 spiro atoms. The fourth-order valence-corrected chi connectivity index (χ4v) is 2.28. The van der Waals surface area contributed by atoms with Gasteiger partial charge >= 0.3 is 0 Å². The molecule has 1 aliphatic heterocycles. The van der Waals surface area contributed by atoms with E-state index in [2.05, 4.69) is 42.0 Å². The highest BCUT2D eigenvalue weighted by atomic mass is 32.1.